The second-order valence-electron chi connectivity index (χ2n) is 8.09. The standard InChI is InChI=1S/C24H27N7O/c32-23(29-13-15-30(16-14-29)24-27-8-4-9-28-24)20-7-10-26-22(17-20)31-12-11-25-21(18-31)19-5-2-1-3-6-19/h1-10,17,21,25H,11-16,18H2/t21-/m0/s1. The smallest absolute Gasteiger partial charge is 0.254 e. The van der Waals surface area contributed by atoms with Crippen LogP contribution in [-0.2, 0) is 0 Å². The maximum atomic E-state index is 13.2. The van der Waals surface area contributed by atoms with Gasteiger partial charge in [0, 0.05) is 76.0 Å². The third-order valence-electron chi connectivity index (χ3n) is 6.10. The first-order valence-electron chi connectivity index (χ1n) is 11.1. The van der Waals surface area contributed by atoms with Gasteiger partial charge in [0.1, 0.15) is 5.82 Å². The van der Waals surface area contributed by atoms with E-state index in [-0.39, 0.29) is 11.9 Å². The van der Waals surface area contributed by atoms with Crippen LogP contribution in [0.3, 0.4) is 0 Å². The molecule has 2 aliphatic heterocycles. The Bertz CT molecular complexity index is 1040. The third kappa shape index (κ3) is 4.40. The summed E-state index contributed by atoms with van der Waals surface area (Å²) in [5, 5.41) is 3.58. The van der Waals surface area contributed by atoms with Crippen molar-refractivity contribution >= 4 is 17.7 Å². The molecule has 1 amide bonds. The highest BCUT2D eigenvalue weighted by Gasteiger charge is 2.25. The number of anilines is 2. The number of hydrogen-bond acceptors (Lipinski definition) is 7. The van der Waals surface area contributed by atoms with Gasteiger partial charge in [-0.1, -0.05) is 30.3 Å². The normalized spacial score (nSPS) is 19.1. The number of nitrogens with one attached hydrogen (secondary N) is 1. The van der Waals surface area contributed by atoms with E-state index in [4.69, 9.17) is 0 Å². The fourth-order valence-electron chi connectivity index (χ4n) is 4.34. The van der Waals surface area contributed by atoms with Crippen molar-refractivity contribution in [3.05, 3.63) is 78.2 Å². The van der Waals surface area contributed by atoms with Gasteiger partial charge in [0.25, 0.3) is 5.91 Å². The molecular formula is C24H27N7O. The lowest BCUT2D eigenvalue weighted by Crippen LogP contribution is -2.49. The van der Waals surface area contributed by atoms with Crippen molar-refractivity contribution in [1.82, 2.24) is 25.2 Å². The van der Waals surface area contributed by atoms with Crippen molar-refractivity contribution < 1.29 is 4.79 Å². The molecule has 4 heterocycles. The van der Waals surface area contributed by atoms with E-state index in [1.54, 1.807) is 18.6 Å². The lowest BCUT2D eigenvalue weighted by atomic mass is 10.0. The van der Waals surface area contributed by atoms with Gasteiger partial charge >= 0.3 is 0 Å². The molecule has 32 heavy (non-hydrogen) atoms. The van der Waals surface area contributed by atoms with E-state index in [1.165, 1.54) is 5.56 Å². The summed E-state index contributed by atoms with van der Waals surface area (Å²) in [6.45, 7) is 5.32. The second-order valence-corrected chi connectivity index (χ2v) is 8.09. The molecule has 2 aromatic heterocycles. The Labute approximate surface area is 187 Å². The molecule has 2 aliphatic rings. The number of pyridine rings is 1. The molecule has 0 saturated carbocycles. The van der Waals surface area contributed by atoms with Crippen LogP contribution in [0.15, 0.2) is 67.1 Å². The average Bonchev–Trinajstić information content (AvgIpc) is 2.89. The molecule has 2 saturated heterocycles. The molecule has 8 heteroatoms. The van der Waals surface area contributed by atoms with E-state index in [2.05, 4.69) is 54.3 Å². The first-order valence-corrected chi connectivity index (χ1v) is 11.1. The Morgan fingerprint density at radius 2 is 1.62 bits per heavy atom. The number of rotatable bonds is 4. The summed E-state index contributed by atoms with van der Waals surface area (Å²) in [7, 11) is 0. The number of amides is 1. The summed E-state index contributed by atoms with van der Waals surface area (Å²) >= 11 is 0. The summed E-state index contributed by atoms with van der Waals surface area (Å²) < 4.78 is 0. The lowest BCUT2D eigenvalue weighted by molar-refractivity contribution is 0.0746. The van der Waals surface area contributed by atoms with Crippen LogP contribution in [0.2, 0.25) is 0 Å². The minimum absolute atomic E-state index is 0.0528. The molecule has 0 unspecified atom stereocenters. The Balaban J connectivity index is 1.24. The van der Waals surface area contributed by atoms with E-state index >= 15 is 0 Å². The first kappa shape index (κ1) is 20.4. The summed E-state index contributed by atoms with van der Waals surface area (Å²) in [4.78, 5) is 32.7. The SMILES string of the molecule is O=C(c1ccnc(N2CCN[C@H](c3ccccc3)C2)c1)N1CCN(c2ncccn2)CC1. The van der Waals surface area contributed by atoms with Gasteiger partial charge < -0.3 is 20.0 Å². The van der Waals surface area contributed by atoms with Crippen molar-refractivity contribution in [2.24, 2.45) is 0 Å². The molecule has 1 aromatic carbocycles. The minimum atomic E-state index is 0.0528. The molecule has 0 radical (unpaired) electrons. The Hall–Kier alpha value is -3.52. The summed E-state index contributed by atoms with van der Waals surface area (Å²) in [6.07, 6.45) is 5.24. The van der Waals surface area contributed by atoms with Crippen LogP contribution in [0.4, 0.5) is 11.8 Å². The largest absolute Gasteiger partial charge is 0.353 e. The van der Waals surface area contributed by atoms with Gasteiger partial charge in [0.15, 0.2) is 0 Å². The molecule has 0 aliphatic carbocycles. The second kappa shape index (κ2) is 9.32. The third-order valence-corrected chi connectivity index (χ3v) is 6.10. The highest BCUT2D eigenvalue weighted by atomic mass is 16.2. The van der Waals surface area contributed by atoms with E-state index in [0.717, 1.165) is 44.5 Å². The molecule has 5 rings (SSSR count). The molecule has 3 aromatic rings. The van der Waals surface area contributed by atoms with Crippen LogP contribution in [0.1, 0.15) is 22.0 Å². The Kier molecular flexibility index (Phi) is 5.93. The van der Waals surface area contributed by atoms with Gasteiger partial charge in [-0.2, -0.15) is 0 Å². The highest BCUT2D eigenvalue weighted by Crippen LogP contribution is 2.22. The quantitative estimate of drug-likeness (QED) is 0.680. The molecule has 2 fully saturated rings. The van der Waals surface area contributed by atoms with E-state index in [1.807, 2.05) is 29.2 Å². The number of benzene rings is 1. The van der Waals surface area contributed by atoms with Crippen molar-refractivity contribution in [3.8, 4) is 0 Å². The number of piperazine rings is 2. The predicted octanol–water partition coefficient (Wildman–Crippen LogP) is 1.98. The maximum Gasteiger partial charge on any atom is 0.254 e. The number of carbonyl (C=O) groups is 1. The fraction of sp³-hybridized carbons (Fsp3) is 0.333. The Morgan fingerprint density at radius 1 is 0.844 bits per heavy atom. The van der Waals surface area contributed by atoms with Crippen LogP contribution in [0.25, 0.3) is 0 Å². The van der Waals surface area contributed by atoms with E-state index < -0.39 is 0 Å². The van der Waals surface area contributed by atoms with E-state index in [0.29, 0.717) is 18.7 Å². The van der Waals surface area contributed by atoms with E-state index in [9.17, 15) is 4.79 Å². The molecule has 164 valence electrons. The van der Waals surface area contributed by atoms with Gasteiger partial charge in [0.05, 0.1) is 0 Å². The highest BCUT2D eigenvalue weighted by molar-refractivity contribution is 5.95. The fourth-order valence-corrected chi connectivity index (χ4v) is 4.34. The lowest BCUT2D eigenvalue weighted by Gasteiger charge is -2.36. The molecule has 8 nitrogen and oxygen atoms in total. The molecular weight excluding hydrogens is 402 g/mol. The molecule has 0 spiro atoms. The summed E-state index contributed by atoms with van der Waals surface area (Å²) in [6, 6.07) is 16.3. The first-order chi connectivity index (χ1) is 15.8. The average molecular weight is 430 g/mol. The predicted molar refractivity (Wildman–Crippen MR) is 124 cm³/mol. The monoisotopic (exact) mass is 429 g/mol. The number of nitrogens with zero attached hydrogens (tertiary/aromatic N) is 6. The van der Waals surface area contributed by atoms with Gasteiger partial charge in [-0.25, -0.2) is 15.0 Å². The molecule has 1 atom stereocenters. The maximum absolute atomic E-state index is 13.2. The number of aromatic nitrogens is 3. The zero-order chi connectivity index (χ0) is 21.8. The van der Waals surface area contributed by atoms with Crippen molar-refractivity contribution in [1.29, 1.82) is 0 Å². The van der Waals surface area contributed by atoms with Crippen molar-refractivity contribution in [2.75, 3.05) is 55.6 Å². The van der Waals surface area contributed by atoms with Crippen LogP contribution in [0, 0.1) is 0 Å². The molecule has 1 N–H and O–H groups in total. The Morgan fingerprint density at radius 3 is 2.41 bits per heavy atom. The van der Waals surface area contributed by atoms with Gasteiger partial charge in [-0.15, -0.1) is 0 Å². The number of hydrogen-bond donors (Lipinski definition) is 1. The van der Waals surface area contributed by atoms with Crippen LogP contribution in [0.5, 0.6) is 0 Å². The molecule has 0 bridgehead atoms. The van der Waals surface area contributed by atoms with Crippen LogP contribution < -0.4 is 15.1 Å². The summed E-state index contributed by atoms with van der Waals surface area (Å²) in [5.74, 6) is 1.63. The van der Waals surface area contributed by atoms with Crippen molar-refractivity contribution in [2.45, 2.75) is 6.04 Å². The zero-order valence-electron chi connectivity index (χ0n) is 18.0. The van der Waals surface area contributed by atoms with Crippen LogP contribution >= 0.6 is 0 Å². The van der Waals surface area contributed by atoms with Gasteiger partial charge in [-0.05, 0) is 23.8 Å². The minimum Gasteiger partial charge on any atom is -0.353 e. The van der Waals surface area contributed by atoms with Crippen molar-refractivity contribution in [3.63, 3.8) is 0 Å². The van der Waals surface area contributed by atoms with Gasteiger partial charge in [0.2, 0.25) is 5.95 Å². The zero-order valence-corrected chi connectivity index (χ0v) is 18.0. The van der Waals surface area contributed by atoms with Gasteiger partial charge in [-0.3, -0.25) is 4.79 Å². The van der Waals surface area contributed by atoms with Crippen LogP contribution in [-0.4, -0.2) is 71.6 Å². The summed E-state index contributed by atoms with van der Waals surface area (Å²) in [5.41, 5.74) is 1.96. The number of carbonyl (C=O) groups excluding carboxylic acids is 1. The topological polar surface area (TPSA) is 77.5 Å².